The summed E-state index contributed by atoms with van der Waals surface area (Å²) in [5, 5.41) is 52.2. The van der Waals surface area contributed by atoms with Crippen molar-refractivity contribution in [2.24, 2.45) is 0 Å². The third kappa shape index (κ3) is 14.7. The van der Waals surface area contributed by atoms with Gasteiger partial charge in [0.1, 0.15) is 24.4 Å². The van der Waals surface area contributed by atoms with Gasteiger partial charge in [-0.25, -0.2) is 0 Å². The SMILES string of the molecule is O.O=[Si]([O-])[O-].OC[C@@H](O)[C@@H](O)[C@H](O)[C@H](O)CO.[Ca+2]. The minimum Gasteiger partial charge on any atom is -0.672 e. The van der Waals surface area contributed by atoms with Crippen LogP contribution in [0.1, 0.15) is 0 Å². The molecule has 0 rings (SSSR count). The van der Waals surface area contributed by atoms with Gasteiger partial charge in [0.05, 0.1) is 13.2 Å². The predicted molar refractivity (Wildman–Crippen MR) is 54.0 cm³/mol. The zero-order chi connectivity index (χ0) is 13.3. The summed E-state index contributed by atoms with van der Waals surface area (Å²) < 4.78 is 8.52. The molecular formula is C6H16CaO10Si. The standard InChI is InChI=1S/C6H14O6.Ca.O3Si.H2O/c7-1-3(9)5(11)6(12)4(10)2-8;;1-4(2)3;/h3-12H,1-2H2;;;1H2/q;+2;-2;/t3-,4-,5-,6-;;;/m1.../s1. The molecule has 0 fully saturated rings. The first-order valence-corrected chi connectivity index (χ1v) is 5.32. The van der Waals surface area contributed by atoms with Crippen LogP contribution in [-0.2, 0) is 4.46 Å². The molecule has 0 aliphatic heterocycles. The van der Waals surface area contributed by atoms with Gasteiger partial charge in [-0.15, -0.1) is 0 Å². The van der Waals surface area contributed by atoms with E-state index in [0.717, 1.165) is 0 Å². The van der Waals surface area contributed by atoms with E-state index in [9.17, 15) is 0 Å². The second kappa shape index (κ2) is 15.7. The third-order valence-electron chi connectivity index (χ3n) is 1.51. The van der Waals surface area contributed by atoms with Crippen molar-refractivity contribution in [1.29, 1.82) is 0 Å². The van der Waals surface area contributed by atoms with Crippen molar-refractivity contribution in [3.63, 3.8) is 0 Å². The van der Waals surface area contributed by atoms with Crippen LogP contribution in [0.5, 0.6) is 0 Å². The zero-order valence-electron chi connectivity index (χ0n) is 9.34. The molecule has 0 saturated carbocycles. The van der Waals surface area contributed by atoms with Crippen LogP contribution < -0.4 is 9.59 Å². The van der Waals surface area contributed by atoms with Crippen molar-refractivity contribution < 1.29 is 50.2 Å². The number of hydrogen-bond donors (Lipinski definition) is 6. The molecule has 0 aliphatic carbocycles. The summed E-state index contributed by atoms with van der Waals surface area (Å²) in [6.07, 6.45) is -6.39. The number of aliphatic hydroxyl groups is 6. The minimum absolute atomic E-state index is 0. The molecule has 18 heavy (non-hydrogen) atoms. The van der Waals surface area contributed by atoms with Gasteiger partial charge in [0, 0.05) is 9.17 Å². The fourth-order valence-electron chi connectivity index (χ4n) is 0.671. The van der Waals surface area contributed by atoms with E-state index in [2.05, 4.69) is 0 Å². The van der Waals surface area contributed by atoms with E-state index in [4.69, 9.17) is 44.7 Å². The molecule has 8 N–H and O–H groups in total. The molecule has 0 spiro atoms. The van der Waals surface area contributed by atoms with Gasteiger partial charge in [0.15, 0.2) is 0 Å². The Morgan fingerprint density at radius 3 is 1.17 bits per heavy atom. The molecule has 0 unspecified atom stereocenters. The molecule has 106 valence electrons. The normalized spacial score (nSPS) is 15.7. The van der Waals surface area contributed by atoms with Gasteiger partial charge in [-0.1, -0.05) is 0 Å². The van der Waals surface area contributed by atoms with Gasteiger partial charge in [0.25, 0.3) is 0 Å². The molecule has 0 radical (unpaired) electrons. The van der Waals surface area contributed by atoms with Gasteiger partial charge in [-0.05, 0) is 0 Å². The fourth-order valence-corrected chi connectivity index (χ4v) is 0.671. The zero-order valence-corrected chi connectivity index (χ0v) is 12.5. The van der Waals surface area contributed by atoms with Crippen LogP contribution in [0.3, 0.4) is 0 Å². The number of aliphatic hydroxyl groups excluding tert-OH is 6. The molecule has 0 amide bonds. The van der Waals surface area contributed by atoms with Crippen LogP contribution in [0.15, 0.2) is 0 Å². The van der Waals surface area contributed by atoms with Crippen LogP contribution in [0.2, 0.25) is 0 Å². The molecule has 12 heteroatoms. The summed E-state index contributed by atoms with van der Waals surface area (Å²) in [7, 11) is -3.63. The minimum atomic E-state index is -3.63. The van der Waals surface area contributed by atoms with Gasteiger partial charge >= 0.3 is 37.7 Å². The van der Waals surface area contributed by atoms with E-state index >= 15 is 0 Å². The molecule has 0 bridgehead atoms. The molecule has 4 atom stereocenters. The van der Waals surface area contributed by atoms with Crippen LogP contribution in [0.4, 0.5) is 0 Å². The average Bonchev–Trinajstić information content (AvgIpc) is 2.24. The first-order valence-electron chi connectivity index (χ1n) is 4.09. The van der Waals surface area contributed by atoms with Crippen molar-refractivity contribution in [2.45, 2.75) is 24.4 Å². The van der Waals surface area contributed by atoms with Gasteiger partial charge in [0.2, 0.25) is 0 Å². The van der Waals surface area contributed by atoms with Crippen LogP contribution in [0.25, 0.3) is 0 Å². The smallest absolute Gasteiger partial charge is 0.672 e. The maximum atomic E-state index is 8.96. The van der Waals surface area contributed by atoms with Gasteiger partial charge < -0.3 is 50.2 Å². The largest absolute Gasteiger partial charge is 2.00 e. The van der Waals surface area contributed by atoms with E-state index in [-0.39, 0.29) is 43.2 Å². The molecule has 10 nitrogen and oxygen atoms in total. The van der Waals surface area contributed by atoms with Crippen LogP contribution in [0, 0.1) is 0 Å². The monoisotopic (exact) mass is 316 g/mol. The number of rotatable bonds is 5. The van der Waals surface area contributed by atoms with Crippen molar-refractivity contribution in [3.8, 4) is 0 Å². The van der Waals surface area contributed by atoms with E-state index in [0.29, 0.717) is 0 Å². The van der Waals surface area contributed by atoms with Crippen molar-refractivity contribution in [2.75, 3.05) is 13.2 Å². The summed E-state index contributed by atoms with van der Waals surface area (Å²) in [5.74, 6) is 0. The summed E-state index contributed by atoms with van der Waals surface area (Å²) in [4.78, 5) is 17.0. The molecule has 0 aromatic carbocycles. The molecule has 0 aromatic heterocycles. The maximum Gasteiger partial charge on any atom is 2.00 e. The third-order valence-corrected chi connectivity index (χ3v) is 1.51. The fraction of sp³-hybridized carbons (Fsp3) is 1.00. The van der Waals surface area contributed by atoms with E-state index in [1.807, 2.05) is 0 Å². The van der Waals surface area contributed by atoms with E-state index in [1.54, 1.807) is 0 Å². The maximum absolute atomic E-state index is 8.96. The van der Waals surface area contributed by atoms with E-state index in [1.165, 1.54) is 0 Å². The first kappa shape index (κ1) is 27.0. The van der Waals surface area contributed by atoms with Gasteiger partial charge in [-0.3, -0.25) is 0 Å². The molecular weight excluding hydrogens is 300 g/mol. The molecule has 0 aliphatic rings. The van der Waals surface area contributed by atoms with Gasteiger partial charge in [-0.2, -0.15) is 0 Å². The van der Waals surface area contributed by atoms with Crippen molar-refractivity contribution in [3.05, 3.63) is 0 Å². The Morgan fingerprint density at radius 2 is 1.06 bits per heavy atom. The van der Waals surface area contributed by atoms with Crippen LogP contribution in [-0.4, -0.2) is 121 Å². The summed E-state index contributed by atoms with van der Waals surface area (Å²) in [6, 6.07) is 0. The molecule has 0 heterocycles. The van der Waals surface area contributed by atoms with E-state index < -0.39 is 46.8 Å². The topological polar surface area (TPSA) is 216 Å². The van der Waals surface area contributed by atoms with Crippen molar-refractivity contribution >= 4 is 46.9 Å². The Hall–Kier alpha value is 0.597. The quantitative estimate of drug-likeness (QED) is 0.265. The summed E-state index contributed by atoms with van der Waals surface area (Å²) in [5.41, 5.74) is 0. The summed E-state index contributed by atoms with van der Waals surface area (Å²) in [6.45, 7) is -1.45. The Bertz CT molecular complexity index is 177. The number of hydrogen-bond acceptors (Lipinski definition) is 9. The second-order valence-electron chi connectivity index (χ2n) is 2.73. The Balaban J connectivity index is -0.000000143. The summed E-state index contributed by atoms with van der Waals surface area (Å²) >= 11 is 0. The predicted octanol–water partition coefficient (Wildman–Crippen LogP) is -7.67. The first-order chi connectivity index (χ1) is 7.27. The average molecular weight is 316 g/mol. The second-order valence-corrected chi connectivity index (χ2v) is 3.23. The Labute approximate surface area is 134 Å². The molecule has 0 aromatic rings. The van der Waals surface area contributed by atoms with Crippen molar-refractivity contribution in [1.82, 2.24) is 0 Å². The molecule has 0 saturated heterocycles. The Kier molecular flexibility index (Phi) is 23.5. The van der Waals surface area contributed by atoms with Crippen LogP contribution >= 0.6 is 0 Å². The Morgan fingerprint density at radius 1 is 0.889 bits per heavy atom.